The number of hydrogen-bond donors (Lipinski definition) is 1. The van der Waals surface area contributed by atoms with Crippen molar-refractivity contribution in [3.8, 4) is 0 Å². The molecular formula is C14H24ClN3O2S. The first kappa shape index (κ1) is 18.2. The van der Waals surface area contributed by atoms with Crippen molar-refractivity contribution in [3.63, 3.8) is 0 Å². The van der Waals surface area contributed by atoms with Crippen LogP contribution in [-0.2, 0) is 11.3 Å². The highest BCUT2D eigenvalue weighted by molar-refractivity contribution is 7.07. The fourth-order valence-electron chi connectivity index (χ4n) is 2.63. The predicted molar refractivity (Wildman–Crippen MR) is 88.1 cm³/mol. The number of aromatic nitrogens is 1. The first-order valence-electron chi connectivity index (χ1n) is 6.99. The average molecular weight is 334 g/mol. The normalized spacial score (nSPS) is 21.0. The zero-order valence-electron chi connectivity index (χ0n) is 12.8. The summed E-state index contributed by atoms with van der Waals surface area (Å²) in [7, 11) is 0. The van der Waals surface area contributed by atoms with E-state index in [1.165, 1.54) is 11.3 Å². The standard InChI is InChI=1S/C14H23N3O2S.ClH/c1-10-8-20-13(19)17(10)7-5-12(18)16-6-4-11(15)14(2,3)9-16;/h8,11H,4-7,9,15H2,1-3H3;1H. The minimum atomic E-state index is -0.0386. The molecule has 0 spiro atoms. The number of rotatable bonds is 3. The lowest BCUT2D eigenvalue weighted by Crippen LogP contribution is -2.54. The molecule has 0 bridgehead atoms. The summed E-state index contributed by atoms with van der Waals surface area (Å²) in [6.07, 6.45) is 1.22. The number of halogens is 1. The van der Waals surface area contributed by atoms with E-state index in [4.69, 9.17) is 5.73 Å². The largest absolute Gasteiger partial charge is 0.342 e. The van der Waals surface area contributed by atoms with Crippen LogP contribution in [0.15, 0.2) is 10.2 Å². The molecule has 2 heterocycles. The van der Waals surface area contributed by atoms with Crippen molar-refractivity contribution in [1.82, 2.24) is 9.47 Å². The Balaban J connectivity index is 0.00000220. The second-order valence-electron chi connectivity index (χ2n) is 6.24. The Morgan fingerprint density at radius 1 is 1.52 bits per heavy atom. The molecule has 1 aromatic rings. The summed E-state index contributed by atoms with van der Waals surface area (Å²) < 4.78 is 1.67. The van der Waals surface area contributed by atoms with Crippen molar-refractivity contribution in [1.29, 1.82) is 0 Å². The van der Waals surface area contributed by atoms with Crippen LogP contribution in [-0.4, -0.2) is 34.5 Å². The Morgan fingerprint density at radius 3 is 2.71 bits per heavy atom. The summed E-state index contributed by atoms with van der Waals surface area (Å²) in [6, 6.07) is 0.147. The smallest absolute Gasteiger partial charge is 0.307 e. The Kier molecular flexibility index (Phi) is 6.01. The number of nitrogens with zero attached hydrogens (tertiary/aromatic N) is 2. The van der Waals surface area contributed by atoms with Crippen LogP contribution in [0.1, 0.15) is 32.4 Å². The second kappa shape index (κ2) is 6.94. The molecule has 120 valence electrons. The van der Waals surface area contributed by atoms with Crippen molar-refractivity contribution >= 4 is 29.7 Å². The van der Waals surface area contributed by atoms with E-state index in [1.807, 2.05) is 17.2 Å². The number of carbonyl (C=O) groups excluding carboxylic acids is 1. The van der Waals surface area contributed by atoms with Crippen molar-refractivity contribution in [2.24, 2.45) is 11.1 Å². The first-order valence-corrected chi connectivity index (χ1v) is 7.87. The molecule has 0 aliphatic carbocycles. The van der Waals surface area contributed by atoms with Gasteiger partial charge >= 0.3 is 4.87 Å². The number of aryl methyl sites for hydroxylation is 1. The molecule has 21 heavy (non-hydrogen) atoms. The lowest BCUT2D eigenvalue weighted by Gasteiger charge is -2.42. The molecule has 7 heteroatoms. The van der Waals surface area contributed by atoms with Crippen LogP contribution in [0.2, 0.25) is 0 Å². The molecule has 1 saturated heterocycles. The Hall–Kier alpha value is -0.850. The predicted octanol–water partition coefficient (Wildman–Crippen LogP) is 1.62. The van der Waals surface area contributed by atoms with Gasteiger partial charge in [0.05, 0.1) is 0 Å². The van der Waals surface area contributed by atoms with Gasteiger partial charge in [-0.2, -0.15) is 0 Å². The number of amides is 1. The summed E-state index contributed by atoms with van der Waals surface area (Å²) in [6.45, 7) is 7.99. The third-order valence-corrected chi connectivity index (χ3v) is 5.07. The Labute approximate surface area is 135 Å². The SMILES string of the molecule is Cc1csc(=O)n1CCC(=O)N1CCC(N)C(C)(C)C1.Cl. The highest BCUT2D eigenvalue weighted by Crippen LogP contribution is 2.27. The summed E-state index contributed by atoms with van der Waals surface area (Å²) in [5.74, 6) is 0.113. The lowest BCUT2D eigenvalue weighted by molar-refractivity contribution is -0.134. The summed E-state index contributed by atoms with van der Waals surface area (Å²) in [4.78, 5) is 25.8. The highest BCUT2D eigenvalue weighted by Gasteiger charge is 2.35. The highest BCUT2D eigenvalue weighted by atomic mass is 35.5. The van der Waals surface area contributed by atoms with Crippen LogP contribution in [0.3, 0.4) is 0 Å². The zero-order chi connectivity index (χ0) is 14.9. The molecule has 1 amide bonds. The molecular weight excluding hydrogens is 310 g/mol. The van der Waals surface area contributed by atoms with Gasteiger partial charge in [0.15, 0.2) is 0 Å². The van der Waals surface area contributed by atoms with Gasteiger partial charge in [-0.05, 0) is 18.8 Å². The number of carbonyl (C=O) groups is 1. The van der Waals surface area contributed by atoms with Crippen LogP contribution in [0.4, 0.5) is 0 Å². The number of hydrogen-bond acceptors (Lipinski definition) is 4. The fraction of sp³-hybridized carbons (Fsp3) is 0.714. The van der Waals surface area contributed by atoms with Crippen LogP contribution in [0, 0.1) is 12.3 Å². The van der Waals surface area contributed by atoms with Gasteiger partial charge in [-0.25, -0.2) is 0 Å². The van der Waals surface area contributed by atoms with Gasteiger partial charge in [-0.15, -0.1) is 12.4 Å². The number of likely N-dealkylation sites (tertiary alicyclic amines) is 1. The lowest BCUT2D eigenvalue weighted by atomic mass is 9.79. The van der Waals surface area contributed by atoms with E-state index in [9.17, 15) is 9.59 Å². The second-order valence-corrected chi connectivity index (χ2v) is 7.06. The van der Waals surface area contributed by atoms with Crippen molar-refractivity contribution in [2.75, 3.05) is 13.1 Å². The molecule has 1 aromatic heterocycles. The molecule has 2 rings (SSSR count). The molecule has 0 aromatic carbocycles. The van der Waals surface area contributed by atoms with E-state index < -0.39 is 0 Å². The summed E-state index contributed by atoms with van der Waals surface area (Å²) in [5.41, 5.74) is 6.97. The molecule has 5 nitrogen and oxygen atoms in total. The van der Waals surface area contributed by atoms with Crippen molar-refractivity contribution in [3.05, 3.63) is 20.7 Å². The third kappa shape index (κ3) is 4.08. The van der Waals surface area contributed by atoms with Gasteiger partial charge in [-0.1, -0.05) is 25.2 Å². The molecule has 1 unspecified atom stereocenters. The van der Waals surface area contributed by atoms with Gasteiger partial charge in [0, 0.05) is 43.2 Å². The monoisotopic (exact) mass is 333 g/mol. The third-order valence-electron chi connectivity index (χ3n) is 4.19. The van der Waals surface area contributed by atoms with Crippen molar-refractivity contribution in [2.45, 2.75) is 46.2 Å². The van der Waals surface area contributed by atoms with E-state index in [2.05, 4.69) is 13.8 Å². The Bertz CT molecular complexity index is 553. The quantitative estimate of drug-likeness (QED) is 0.913. The molecule has 0 saturated carbocycles. The van der Waals surface area contributed by atoms with Gasteiger partial charge in [0.1, 0.15) is 0 Å². The maximum absolute atomic E-state index is 12.3. The maximum atomic E-state index is 12.3. The van der Waals surface area contributed by atoms with Gasteiger partial charge in [-0.3, -0.25) is 9.59 Å². The van der Waals surface area contributed by atoms with Crippen LogP contribution < -0.4 is 10.6 Å². The summed E-state index contributed by atoms with van der Waals surface area (Å²) >= 11 is 1.18. The fourth-order valence-corrected chi connectivity index (χ4v) is 3.39. The molecule has 1 fully saturated rings. The molecule has 0 radical (unpaired) electrons. The summed E-state index contributed by atoms with van der Waals surface area (Å²) in [5, 5.41) is 1.83. The van der Waals surface area contributed by atoms with E-state index >= 15 is 0 Å². The van der Waals surface area contributed by atoms with E-state index in [1.54, 1.807) is 4.57 Å². The van der Waals surface area contributed by atoms with E-state index in [-0.39, 0.29) is 34.6 Å². The first-order chi connectivity index (χ1) is 9.31. The van der Waals surface area contributed by atoms with Gasteiger partial charge in [0.25, 0.3) is 0 Å². The number of thiazole rings is 1. The topological polar surface area (TPSA) is 68.3 Å². The van der Waals surface area contributed by atoms with Crippen LogP contribution >= 0.6 is 23.7 Å². The van der Waals surface area contributed by atoms with Gasteiger partial charge in [0.2, 0.25) is 5.91 Å². The number of piperidine rings is 1. The molecule has 2 N–H and O–H groups in total. The zero-order valence-corrected chi connectivity index (χ0v) is 14.4. The molecule has 1 atom stereocenters. The van der Waals surface area contributed by atoms with E-state index in [0.29, 0.717) is 19.5 Å². The minimum absolute atomic E-state index is 0. The average Bonchev–Trinajstić information content (AvgIpc) is 2.69. The van der Waals surface area contributed by atoms with Gasteiger partial charge < -0.3 is 15.2 Å². The number of nitrogens with two attached hydrogens (primary N) is 1. The van der Waals surface area contributed by atoms with Crippen LogP contribution in [0.5, 0.6) is 0 Å². The minimum Gasteiger partial charge on any atom is -0.342 e. The maximum Gasteiger partial charge on any atom is 0.307 e. The van der Waals surface area contributed by atoms with Crippen LogP contribution in [0.25, 0.3) is 0 Å². The van der Waals surface area contributed by atoms with E-state index in [0.717, 1.165) is 18.7 Å². The Morgan fingerprint density at radius 2 is 2.19 bits per heavy atom. The molecule has 1 aliphatic heterocycles. The molecule has 1 aliphatic rings. The van der Waals surface area contributed by atoms with Crippen molar-refractivity contribution < 1.29 is 4.79 Å².